The molecule has 0 aliphatic rings. The molecule has 15 heavy (non-hydrogen) atoms. The van der Waals surface area contributed by atoms with Crippen LogP contribution in [0.1, 0.15) is 16.8 Å². The molecule has 0 spiro atoms. The smallest absolute Gasteiger partial charge is 0.0425 e. The Hall–Kier alpha value is -1.97. The highest BCUT2D eigenvalue weighted by molar-refractivity contribution is 5.87. The highest BCUT2D eigenvalue weighted by atomic mass is 14.7. The summed E-state index contributed by atoms with van der Waals surface area (Å²) in [7, 11) is 1.69. The van der Waals surface area contributed by atoms with Gasteiger partial charge in [0.25, 0.3) is 0 Å². The van der Waals surface area contributed by atoms with Gasteiger partial charge in [-0.05, 0) is 13.0 Å². The third kappa shape index (κ3) is 2.28. The van der Waals surface area contributed by atoms with E-state index in [0.29, 0.717) is 11.4 Å². The molecule has 0 amide bonds. The molecule has 0 aromatic carbocycles. The highest BCUT2D eigenvalue weighted by Crippen LogP contribution is 2.22. The Kier molecular flexibility index (Phi) is 3.33. The lowest BCUT2D eigenvalue weighted by Gasteiger charge is -2.04. The van der Waals surface area contributed by atoms with Gasteiger partial charge in [-0.3, -0.25) is 4.99 Å². The molecule has 0 aliphatic carbocycles. The molecule has 4 heteroatoms. The van der Waals surface area contributed by atoms with Gasteiger partial charge in [-0.15, -0.1) is 0 Å². The summed E-state index contributed by atoms with van der Waals surface area (Å²) in [5.41, 5.74) is 15.4. The summed E-state index contributed by atoms with van der Waals surface area (Å²) < 4.78 is 0. The minimum Gasteiger partial charge on any atom is -0.399 e. The summed E-state index contributed by atoms with van der Waals surface area (Å²) >= 11 is 0. The summed E-state index contributed by atoms with van der Waals surface area (Å²) in [6, 6.07) is 0. The molecule has 5 N–H and O–H groups in total. The van der Waals surface area contributed by atoms with Crippen LogP contribution in [0.4, 0.5) is 0 Å². The van der Waals surface area contributed by atoms with Crippen LogP contribution < -0.4 is 11.5 Å². The lowest BCUT2D eigenvalue weighted by atomic mass is 10.1. The van der Waals surface area contributed by atoms with Crippen LogP contribution in [0.2, 0.25) is 0 Å². The predicted octanol–water partition coefficient (Wildman–Crippen LogP) is 1.25. The van der Waals surface area contributed by atoms with Gasteiger partial charge in [0.2, 0.25) is 0 Å². The largest absolute Gasteiger partial charge is 0.399 e. The zero-order chi connectivity index (χ0) is 11.4. The van der Waals surface area contributed by atoms with Crippen molar-refractivity contribution in [2.24, 2.45) is 16.5 Å². The van der Waals surface area contributed by atoms with Gasteiger partial charge in [-0.25, -0.2) is 0 Å². The molecule has 0 unspecified atom stereocenters. The summed E-state index contributed by atoms with van der Waals surface area (Å²) in [6.07, 6.45) is 5.19. The van der Waals surface area contributed by atoms with Crippen molar-refractivity contribution >= 4 is 17.6 Å². The van der Waals surface area contributed by atoms with Crippen molar-refractivity contribution in [3.05, 3.63) is 35.7 Å². The molecule has 1 aromatic rings. The molecule has 1 heterocycles. The fourth-order valence-corrected chi connectivity index (χ4v) is 1.41. The number of nitrogens with zero attached hydrogens (tertiary/aromatic N) is 1. The molecule has 0 radical (unpaired) electrons. The fraction of sp³-hybridized carbons (Fsp3) is 0.182. The van der Waals surface area contributed by atoms with Crippen LogP contribution >= 0.6 is 0 Å². The van der Waals surface area contributed by atoms with Crippen LogP contribution in [0.15, 0.2) is 23.8 Å². The second-order valence-electron chi connectivity index (χ2n) is 3.26. The lowest BCUT2D eigenvalue weighted by molar-refractivity contribution is 1.25. The Morgan fingerprint density at radius 1 is 1.53 bits per heavy atom. The SMILES string of the molecule is C=C(N)c1c(/C(N)=C/C=NC)c[nH]c1C. The minimum absolute atomic E-state index is 0.508. The first-order valence-corrected chi connectivity index (χ1v) is 4.59. The number of hydrogen-bond donors (Lipinski definition) is 3. The summed E-state index contributed by atoms with van der Waals surface area (Å²) in [5, 5.41) is 0. The van der Waals surface area contributed by atoms with E-state index in [1.807, 2.05) is 13.1 Å². The van der Waals surface area contributed by atoms with E-state index in [9.17, 15) is 0 Å². The second kappa shape index (κ2) is 4.50. The standard InChI is InChI=1S/C11H16N4/c1-7(12)11-8(2)15-6-9(11)10(13)4-5-14-3/h4-6,15H,1,12-13H2,2-3H3/b10-4-,14-5?. The molecule has 0 bridgehead atoms. The van der Waals surface area contributed by atoms with Crippen LogP contribution in [0.5, 0.6) is 0 Å². The number of aryl methyl sites for hydroxylation is 1. The van der Waals surface area contributed by atoms with Crippen LogP contribution in [-0.2, 0) is 0 Å². The van der Waals surface area contributed by atoms with Gasteiger partial charge in [0, 0.05) is 47.7 Å². The van der Waals surface area contributed by atoms with E-state index in [-0.39, 0.29) is 0 Å². The van der Waals surface area contributed by atoms with Gasteiger partial charge in [0.15, 0.2) is 0 Å². The van der Waals surface area contributed by atoms with Crippen molar-refractivity contribution < 1.29 is 0 Å². The zero-order valence-electron chi connectivity index (χ0n) is 9.04. The molecule has 4 nitrogen and oxygen atoms in total. The number of nitrogens with two attached hydrogens (primary N) is 2. The van der Waals surface area contributed by atoms with E-state index in [0.717, 1.165) is 16.8 Å². The molecule has 0 fully saturated rings. The van der Waals surface area contributed by atoms with Gasteiger partial charge in [0.1, 0.15) is 0 Å². The van der Waals surface area contributed by atoms with Crippen molar-refractivity contribution in [1.82, 2.24) is 4.98 Å². The third-order valence-corrected chi connectivity index (χ3v) is 2.11. The van der Waals surface area contributed by atoms with E-state index < -0.39 is 0 Å². The fourth-order valence-electron chi connectivity index (χ4n) is 1.41. The maximum Gasteiger partial charge on any atom is 0.0425 e. The van der Waals surface area contributed by atoms with Crippen LogP contribution in [-0.4, -0.2) is 18.2 Å². The molecule has 0 saturated heterocycles. The number of hydrogen-bond acceptors (Lipinski definition) is 3. The first-order chi connectivity index (χ1) is 7.07. The van der Waals surface area contributed by atoms with Crippen molar-refractivity contribution in [2.45, 2.75) is 6.92 Å². The molecule has 80 valence electrons. The number of rotatable bonds is 3. The number of allylic oxidation sites excluding steroid dienone is 1. The lowest BCUT2D eigenvalue weighted by Crippen LogP contribution is -2.02. The molecule has 1 aromatic heterocycles. The van der Waals surface area contributed by atoms with Crippen molar-refractivity contribution in [2.75, 3.05) is 7.05 Å². The second-order valence-corrected chi connectivity index (χ2v) is 3.26. The average molecular weight is 204 g/mol. The van der Waals surface area contributed by atoms with E-state index in [2.05, 4.69) is 16.6 Å². The molecule has 0 aliphatic heterocycles. The Balaban J connectivity index is 3.20. The number of H-pyrrole nitrogens is 1. The Bertz CT molecular complexity index is 424. The Morgan fingerprint density at radius 3 is 2.73 bits per heavy atom. The first kappa shape index (κ1) is 11.1. The molecule has 0 atom stereocenters. The Morgan fingerprint density at radius 2 is 2.20 bits per heavy atom. The van der Waals surface area contributed by atoms with Crippen LogP contribution in [0.3, 0.4) is 0 Å². The quantitative estimate of drug-likeness (QED) is 0.648. The average Bonchev–Trinajstić information content (AvgIpc) is 2.56. The number of aliphatic imine (C=N–C) groups is 1. The Labute approximate surface area is 89.4 Å². The number of aromatic nitrogens is 1. The summed E-state index contributed by atoms with van der Waals surface area (Å²) in [6.45, 7) is 5.65. The molecule has 1 rings (SSSR count). The molecular formula is C11H16N4. The van der Waals surface area contributed by atoms with Gasteiger partial charge >= 0.3 is 0 Å². The zero-order valence-corrected chi connectivity index (χ0v) is 9.04. The maximum atomic E-state index is 5.89. The monoisotopic (exact) mass is 204 g/mol. The predicted molar refractivity (Wildman–Crippen MR) is 65.3 cm³/mol. The summed E-state index contributed by atoms with van der Waals surface area (Å²) in [4.78, 5) is 6.91. The van der Waals surface area contributed by atoms with Gasteiger partial charge in [0.05, 0.1) is 0 Å². The molecule has 0 saturated carbocycles. The topological polar surface area (TPSA) is 80.2 Å². The number of aromatic amines is 1. The number of nitrogens with one attached hydrogen (secondary N) is 1. The van der Waals surface area contributed by atoms with Crippen LogP contribution in [0.25, 0.3) is 11.4 Å². The van der Waals surface area contributed by atoms with Crippen LogP contribution in [0, 0.1) is 6.92 Å². The normalized spacial score (nSPS) is 12.3. The summed E-state index contributed by atoms with van der Waals surface area (Å²) in [5.74, 6) is 0. The van der Waals surface area contributed by atoms with Gasteiger partial charge in [-0.1, -0.05) is 6.58 Å². The minimum atomic E-state index is 0.508. The van der Waals surface area contributed by atoms with Crippen molar-refractivity contribution in [3.8, 4) is 0 Å². The van der Waals surface area contributed by atoms with Gasteiger partial charge in [-0.2, -0.15) is 0 Å². The van der Waals surface area contributed by atoms with Crippen molar-refractivity contribution in [1.29, 1.82) is 0 Å². The molecular weight excluding hydrogens is 188 g/mol. The van der Waals surface area contributed by atoms with E-state index >= 15 is 0 Å². The van der Waals surface area contributed by atoms with Gasteiger partial charge < -0.3 is 16.5 Å². The van der Waals surface area contributed by atoms with Crippen molar-refractivity contribution in [3.63, 3.8) is 0 Å². The van der Waals surface area contributed by atoms with E-state index in [4.69, 9.17) is 11.5 Å². The third-order valence-electron chi connectivity index (χ3n) is 2.11. The van der Waals surface area contributed by atoms with E-state index in [1.54, 1.807) is 19.3 Å². The highest BCUT2D eigenvalue weighted by Gasteiger charge is 2.10. The first-order valence-electron chi connectivity index (χ1n) is 4.59. The maximum absolute atomic E-state index is 5.89. The van der Waals surface area contributed by atoms with E-state index in [1.165, 1.54) is 0 Å².